The van der Waals surface area contributed by atoms with Crippen molar-refractivity contribution in [3.63, 3.8) is 0 Å². The molecule has 0 bridgehead atoms. The molecule has 0 saturated heterocycles. The van der Waals surface area contributed by atoms with E-state index in [4.69, 9.17) is 9.47 Å². The van der Waals surface area contributed by atoms with Crippen molar-refractivity contribution in [2.45, 2.75) is 43.3 Å². The lowest BCUT2D eigenvalue weighted by Gasteiger charge is -2.25. The van der Waals surface area contributed by atoms with E-state index in [1.54, 1.807) is 18.6 Å². The van der Waals surface area contributed by atoms with E-state index in [9.17, 15) is 4.79 Å². The van der Waals surface area contributed by atoms with Crippen molar-refractivity contribution >= 4 is 23.9 Å². The number of ether oxygens (including phenoxy) is 2. The van der Waals surface area contributed by atoms with Crippen molar-refractivity contribution in [3.05, 3.63) is 48.3 Å². The fourth-order valence-corrected chi connectivity index (χ4v) is 4.87. The average molecular weight is 465 g/mol. The number of hydrazone groups is 1. The molecule has 1 aliphatic carbocycles. The number of fused-ring (bicyclic) bond motifs is 1. The maximum absolute atomic E-state index is 12.3. The Bertz CT molecular complexity index is 1140. The second kappa shape index (κ2) is 10.0. The molecule has 10 heteroatoms. The Kier molecular flexibility index (Phi) is 6.52. The number of nitrogens with zero attached hydrogens (tertiary/aromatic N) is 5. The van der Waals surface area contributed by atoms with Gasteiger partial charge in [0.15, 0.2) is 22.5 Å². The first-order valence-electron chi connectivity index (χ1n) is 11.0. The van der Waals surface area contributed by atoms with Crippen LogP contribution in [0.3, 0.4) is 0 Å². The molecule has 1 N–H and O–H groups in total. The van der Waals surface area contributed by atoms with Crippen LogP contribution in [0.15, 0.2) is 53.0 Å². The van der Waals surface area contributed by atoms with Gasteiger partial charge >= 0.3 is 0 Å². The fraction of sp³-hybridized carbons (Fsp3) is 0.348. The zero-order chi connectivity index (χ0) is 22.5. The molecule has 9 nitrogen and oxygen atoms in total. The lowest BCUT2D eigenvalue weighted by molar-refractivity contribution is -0.118. The van der Waals surface area contributed by atoms with Crippen molar-refractivity contribution in [3.8, 4) is 22.9 Å². The maximum atomic E-state index is 12.3. The van der Waals surface area contributed by atoms with Gasteiger partial charge < -0.3 is 9.47 Å². The van der Waals surface area contributed by atoms with Crippen molar-refractivity contribution in [2.75, 3.05) is 12.5 Å². The lowest BCUT2D eigenvalue weighted by Crippen LogP contribution is -2.20. The molecule has 2 aliphatic rings. The predicted octanol–water partition coefficient (Wildman–Crippen LogP) is 3.82. The van der Waals surface area contributed by atoms with Crippen LogP contribution in [0.25, 0.3) is 11.4 Å². The van der Waals surface area contributed by atoms with Gasteiger partial charge in [0.05, 0.1) is 12.0 Å². The van der Waals surface area contributed by atoms with Gasteiger partial charge in [-0.05, 0) is 37.1 Å². The van der Waals surface area contributed by atoms with Crippen molar-refractivity contribution in [1.29, 1.82) is 0 Å². The summed E-state index contributed by atoms with van der Waals surface area (Å²) in [5.41, 5.74) is 4.30. The van der Waals surface area contributed by atoms with Crippen molar-refractivity contribution < 1.29 is 14.3 Å². The molecule has 1 amide bonds. The van der Waals surface area contributed by atoms with Crippen LogP contribution in [0.4, 0.5) is 0 Å². The SMILES string of the molecule is O=C(CSc1nnc(-c2ccc3c(c2)OCO3)n1C1CCCCC1)N/N=C/c1cccnc1. The van der Waals surface area contributed by atoms with E-state index in [1.165, 1.54) is 31.0 Å². The molecular weight excluding hydrogens is 440 g/mol. The highest BCUT2D eigenvalue weighted by Crippen LogP contribution is 2.39. The fourth-order valence-electron chi connectivity index (χ4n) is 4.07. The highest BCUT2D eigenvalue weighted by atomic mass is 32.2. The molecule has 1 aliphatic heterocycles. The number of aromatic nitrogens is 4. The Balaban J connectivity index is 1.31. The van der Waals surface area contributed by atoms with E-state index >= 15 is 0 Å². The van der Waals surface area contributed by atoms with Crippen molar-refractivity contribution in [1.82, 2.24) is 25.2 Å². The van der Waals surface area contributed by atoms with Crippen LogP contribution in [-0.2, 0) is 4.79 Å². The normalized spacial score (nSPS) is 15.8. The Labute approximate surface area is 195 Å². The van der Waals surface area contributed by atoms with Crippen LogP contribution in [-0.4, -0.2) is 44.4 Å². The zero-order valence-electron chi connectivity index (χ0n) is 18.0. The number of amides is 1. The molecule has 0 unspecified atom stereocenters. The van der Waals surface area contributed by atoms with Crippen LogP contribution < -0.4 is 14.9 Å². The topological polar surface area (TPSA) is 104 Å². The van der Waals surface area contributed by atoms with Crippen LogP contribution in [0, 0.1) is 0 Å². The Morgan fingerprint density at radius 2 is 2.06 bits per heavy atom. The molecule has 3 aromatic rings. The summed E-state index contributed by atoms with van der Waals surface area (Å²) in [4.78, 5) is 16.4. The second-order valence-corrected chi connectivity index (χ2v) is 8.85. The molecule has 5 rings (SSSR count). The van der Waals surface area contributed by atoms with Gasteiger partial charge in [0.25, 0.3) is 5.91 Å². The Morgan fingerprint density at radius 3 is 2.91 bits per heavy atom. The van der Waals surface area contributed by atoms with Gasteiger partial charge in [-0.15, -0.1) is 10.2 Å². The quantitative estimate of drug-likeness (QED) is 0.322. The van der Waals surface area contributed by atoms with Crippen LogP contribution in [0.5, 0.6) is 11.5 Å². The van der Waals surface area contributed by atoms with Gasteiger partial charge in [-0.3, -0.25) is 14.3 Å². The third-order valence-electron chi connectivity index (χ3n) is 5.65. The summed E-state index contributed by atoms with van der Waals surface area (Å²) in [7, 11) is 0. The molecule has 0 spiro atoms. The molecule has 33 heavy (non-hydrogen) atoms. The number of carbonyl (C=O) groups is 1. The average Bonchev–Trinajstić information content (AvgIpc) is 3.50. The van der Waals surface area contributed by atoms with Crippen LogP contribution >= 0.6 is 11.8 Å². The number of hydrogen-bond acceptors (Lipinski definition) is 8. The molecule has 170 valence electrons. The molecule has 3 heterocycles. The number of thioether (sulfide) groups is 1. The van der Waals surface area contributed by atoms with Crippen molar-refractivity contribution in [2.24, 2.45) is 5.10 Å². The highest BCUT2D eigenvalue weighted by molar-refractivity contribution is 7.99. The molecular formula is C23H24N6O3S. The number of nitrogens with one attached hydrogen (secondary N) is 1. The van der Waals surface area contributed by atoms with Gasteiger partial charge in [-0.25, -0.2) is 5.43 Å². The number of benzene rings is 1. The van der Waals surface area contributed by atoms with E-state index in [0.717, 1.165) is 40.7 Å². The minimum Gasteiger partial charge on any atom is -0.454 e. The molecule has 2 aromatic heterocycles. The first-order chi connectivity index (χ1) is 16.3. The summed E-state index contributed by atoms with van der Waals surface area (Å²) in [5.74, 6) is 2.23. The number of rotatable bonds is 7. The second-order valence-electron chi connectivity index (χ2n) is 7.90. The molecule has 0 radical (unpaired) electrons. The third kappa shape index (κ3) is 5.00. The van der Waals surface area contributed by atoms with Crippen LogP contribution in [0.1, 0.15) is 43.7 Å². The highest BCUT2D eigenvalue weighted by Gasteiger charge is 2.25. The minimum atomic E-state index is -0.206. The molecule has 1 aromatic carbocycles. The van der Waals surface area contributed by atoms with E-state index in [0.29, 0.717) is 11.8 Å². The summed E-state index contributed by atoms with van der Waals surface area (Å²) in [6.45, 7) is 0.230. The number of pyridine rings is 1. The summed E-state index contributed by atoms with van der Waals surface area (Å²) in [5, 5.41) is 13.7. The van der Waals surface area contributed by atoms with Gasteiger partial charge in [-0.1, -0.05) is 37.1 Å². The van der Waals surface area contributed by atoms with Gasteiger partial charge in [0.2, 0.25) is 6.79 Å². The lowest BCUT2D eigenvalue weighted by atomic mass is 9.95. The zero-order valence-corrected chi connectivity index (χ0v) is 18.8. The van der Waals surface area contributed by atoms with Gasteiger partial charge in [0.1, 0.15) is 0 Å². The smallest absolute Gasteiger partial charge is 0.250 e. The Hall–Kier alpha value is -3.40. The summed E-state index contributed by atoms with van der Waals surface area (Å²) in [6.07, 6.45) is 10.7. The summed E-state index contributed by atoms with van der Waals surface area (Å²) < 4.78 is 13.2. The largest absolute Gasteiger partial charge is 0.454 e. The van der Waals surface area contributed by atoms with Gasteiger partial charge in [-0.2, -0.15) is 5.10 Å². The first kappa shape index (κ1) is 21.4. The monoisotopic (exact) mass is 464 g/mol. The maximum Gasteiger partial charge on any atom is 0.250 e. The summed E-state index contributed by atoms with van der Waals surface area (Å²) >= 11 is 1.37. The molecule has 1 saturated carbocycles. The standard InChI is InChI=1S/C23H24N6O3S/c30-21(26-25-13-16-5-4-10-24-12-16)14-33-23-28-27-22(29(23)18-6-2-1-3-7-18)17-8-9-19-20(11-17)32-15-31-19/h4-5,8-13,18H,1-3,6-7,14-15H2,(H,26,30)/b25-13+. The number of carbonyl (C=O) groups excluding carboxylic acids is 1. The molecule has 1 fully saturated rings. The van der Waals surface area contributed by atoms with E-state index in [2.05, 4.69) is 30.3 Å². The third-order valence-corrected chi connectivity index (χ3v) is 6.60. The predicted molar refractivity (Wildman–Crippen MR) is 124 cm³/mol. The minimum absolute atomic E-state index is 0.191. The van der Waals surface area contributed by atoms with E-state index < -0.39 is 0 Å². The molecule has 0 atom stereocenters. The van der Waals surface area contributed by atoms with E-state index in [1.807, 2.05) is 30.3 Å². The Morgan fingerprint density at radius 1 is 1.18 bits per heavy atom. The first-order valence-corrected chi connectivity index (χ1v) is 12.0. The van der Waals surface area contributed by atoms with E-state index in [-0.39, 0.29) is 18.5 Å². The van der Waals surface area contributed by atoms with Crippen LogP contribution in [0.2, 0.25) is 0 Å². The summed E-state index contributed by atoms with van der Waals surface area (Å²) in [6, 6.07) is 9.81. The van der Waals surface area contributed by atoms with Gasteiger partial charge in [0, 0.05) is 29.6 Å². The number of hydrogen-bond donors (Lipinski definition) is 1.